The third-order valence-electron chi connectivity index (χ3n) is 3.69. The maximum atomic E-state index is 13.6. The first kappa shape index (κ1) is 14.0. The van der Waals surface area contributed by atoms with Gasteiger partial charge in [-0.15, -0.1) is 0 Å². The summed E-state index contributed by atoms with van der Waals surface area (Å²) in [5.74, 6) is 0.553. The standard InChI is InChI=1S/C14H18ClFOS/c15-11-5-4-6-12(16)13(11)17-9-14(10-18)7-2-1-3-8-14/h4-6,18H,1-3,7-10H2. The van der Waals surface area contributed by atoms with Crippen molar-refractivity contribution in [1.82, 2.24) is 0 Å². The Hall–Kier alpha value is -0.410. The second kappa shape index (κ2) is 6.16. The molecule has 1 saturated carbocycles. The van der Waals surface area contributed by atoms with E-state index in [1.807, 2.05) is 0 Å². The van der Waals surface area contributed by atoms with Crippen LogP contribution in [0, 0.1) is 11.2 Å². The summed E-state index contributed by atoms with van der Waals surface area (Å²) in [6.45, 7) is 0.497. The van der Waals surface area contributed by atoms with Gasteiger partial charge >= 0.3 is 0 Å². The quantitative estimate of drug-likeness (QED) is 0.788. The Morgan fingerprint density at radius 3 is 2.61 bits per heavy atom. The molecule has 100 valence electrons. The summed E-state index contributed by atoms with van der Waals surface area (Å²) in [7, 11) is 0. The van der Waals surface area contributed by atoms with Gasteiger partial charge in [0.05, 0.1) is 11.6 Å². The van der Waals surface area contributed by atoms with E-state index in [-0.39, 0.29) is 11.2 Å². The normalized spacial score (nSPS) is 18.6. The van der Waals surface area contributed by atoms with Gasteiger partial charge in [0.1, 0.15) is 0 Å². The van der Waals surface area contributed by atoms with Gasteiger partial charge in [0.15, 0.2) is 11.6 Å². The van der Waals surface area contributed by atoms with Crippen molar-refractivity contribution >= 4 is 24.2 Å². The third kappa shape index (κ3) is 3.12. The SMILES string of the molecule is Fc1cccc(Cl)c1OCC1(CS)CCCCC1. The van der Waals surface area contributed by atoms with Gasteiger partial charge in [0.25, 0.3) is 0 Å². The molecule has 0 bridgehead atoms. The molecule has 0 heterocycles. The molecule has 0 atom stereocenters. The van der Waals surface area contributed by atoms with Crippen LogP contribution in [0.4, 0.5) is 4.39 Å². The molecule has 1 fully saturated rings. The Bertz CT molecular complexity index is 385. The zero-order valence-electron chi connectivity index (χ0n) is 10.3. The molecule has 18 heavy (non-hydrogen) atoms. The number of rotatable bonds is 4. The molecule has 0 aliphatic heterocycles. The van der Waals surface area contributed by atoms with Gasteiger partial charge in [0.2, 0.25) is 0 Å². The van der Waals surface area contributed by atoms with Crippen molar-refractivity contribution in [3.8, 4) is 5.75 Å². The van der Waals surface area contributed by atoms with Crippen molar-refractivity contribution < 1.29 is 9.13 Å². The molecule has 0 unspecified atom stereocenters. The number of halogens is 2. The van der Waals surface area contributed by atoms with Gasteiger partial charge in [-0.3, -0.25) is 0 Å². The van der Waals surface area contributed by atoms with Gasteiger partial charge in [0, 0.05) is 5.41 Å². The van der Waals surface area contributed by atoms with Gasteiger partial charge in [-0.2, -0.15) is 12.6 Å². The molecule has 1 aromatic carbocycles. The first-order valence-corrected chi connectivity index (χ1v) is 7.36. The Morgan fingerprint density at radius 1 is 1.28 bits per heavy atom. The fourth-order valence-corrected chi connectivity index (χ4v) is 3.12. The Balaban J connectivity index is 2.05. The van der Waals surface area contributed by atoms with Crippen molar-refractivity contribution in [1.29, 1.82) is 0 Å². The zero-order valence-corrected chi connectivity index (χ0v) is 11.9. The highest BCUT2D eigenvalue weighted by Crippen LogP contribution is 2.38. The lowest BCUT2D eigenvalue weighted by Gasteiger charge is -2.35. The maximum Gasteiger partial charge on any atom is 0.173 e. The van der Waals surface area contributed by atoms with Gasteiger partial charge < -0.3 is 4.74 Å². The predicted molar refractivity (Wildman–Crippen MR) is 76.3 cm³/mol. The topological polar surface area (TPSA) is 9.23 Å². The van der Waals surface area contributed by atoms with Crippen LogP contribution in [0.25, 0.3) is 0 Å². The largest absolute Gasteiger partial charge is 0.488 e. The molecule has 0 aromatic heterocycles. The highest BCUT2D eigenvalue weighted by atomic mass is 35.5. The van der Waals surface area contributed by atoms with Crippen LogP contribution in [-0.4, -0.2) is 12.4 Å². The average Bonchev–Trinajstić information content (AvgIpc) is 2.39. The molecule has 0 amide bonds. The molecule has 0 saturated heterocycles. The van der Waals surface area contributed by atoms with Gasteiger partial charge in [-0.05, 0) is 30.7 Å². The molecule has 0 N–H and O–H groups in total. The molecule has 1 nitrogen and oxygen atoms in total. The van der Waals surface area contributed by atoms with Crippen LogP contribution in [0.5, 0.6) is 5.75 Å². The molecule has 2 rings (SSSR count). The zero-order chi connectivity index (χ0) is 13.0. The first-order chi connectivity index (χ1) is 8.67. The molecule has 0 spiro atoms. The number of ether oxygens (including phenoxy) is 1. The lowest BCUT2D eigenvalue weighted by atomic mass is 9.76. The van der Waals surface area contributed by atoms with Crippen LogP contribution in [0.3, 0.4) is 0 Å². The predicted octanol–water partition coefficient (Wildman–Crippen LogP) is 4.74. The summed E-state index contributed by atoms with van der Waals surface area (Å²) >= 11 is 10.4. The minimum atomic E-state index is -0.396. The summed E-state index contributed by atoms with van der Waals surface area (Å²) in [6, 6.07) is 4.60. The lowest BCUT2D eigenvalue weighted by Crippen LogP contribution is -2.33. The molecular formula is C14H18ClFOS. The van der Waals surface area contributed by atoms with E-state index in [4.69, 9.17) is 16.3 Å². The average molecular weight is 289 g/mol. The second-order valence-electron chi connectivity index (χ2n) is 5.06. The number of thiol groups is 1. The number of para-hydroxylation sites is 1. The third-order valence-corrected chi connectivity index (χ3v) is 4.66. The van der Waals surface area contributed by atoms with Crippen molar-refractivity contribution in [2.45, 2.75) is 32.1 Å². The fourth-order valence-electron chi connectivity index (χ4n) is 2.50. The van der Waals surface area contributed by atoms with Crippen LogP contribution < -0.4 is 4.74 Å². The van der Waals surface area contributed by atoms with Crippen LogP contribution in [0.2, 0.25) is 5.02 Å². The Kier molecular flexibility index (Phi) is 4.79. The molecule has 0 radical (unpaired) electrons. The smallest absolute Gasteiger partial charge is 0.173 e. The number of hydrogen-bond acceptors (Lipinski definition) is 2. The maximum absolute atomic E-state index is 13.6. The highest BCUT2D eigenvalue weighted by molar-refractivity contribution is 7.80. The summed E-state index contributed by atoms with van der Waals surface area (Å²) in [4.78, 5) is 0. The Labute approximate surface area is 118 Å². The van der Waals surface area contributed by atoms with E-state index < -0.39 is 5.82 Å². The van der Waals surface area contributed by atoms with E-state index in [0.717, 1.165) is 18.6 Å². The summed E-state index contributed by atoms with van der Waals surface area (Å²) in [5, 5.41) is 0.333. The van der Waals surface area contributed by atoms with Crippen LogP contribution in [-0.2, 0) is 0 Å². The van der Waals surface area contributed by atoms with E-state index >= 15 is 0 Å². The summed E-state index contributed by atoms with van der Waals surface area (Å²) in [5.41, 5.74) is 0.0764. The van der Waals surface area contributed by atoms with E-state index in [9.17, 15) is 4.39 Å². The summed E-state index contributed by atoms with van der Waals surface area (Å²) < 4.78 is 19.3. The summed E-state index contributed by atoms with van der Waals surface area (Å²) in [6.07, 6.45) is 5.88. The van der Waals surface area contributed by atoms with E-state index in [1.54, 1.807) is 12.1 Å². The van der Waals surface area contributed by atoms with Gasteiger partial charge in [-0.1, -0.05) is 36.9 Å². The molecule has 1 aliphatic carbocycles. The first-order valence-electron chi connectivity index (χ1n) is 6.35. The monoisotopic (exact) mass is 288 g/mol. The van der Waals surface area contributed by atoms with Crippen molar-refractivity contribution in [3.05, 3.63) is 29.0 Å². The van der Waals surface area contributed by atoms with E-state index in [0.29, 0.717) is 11.6 Å². The van der Waals surface area contributed by atoms with Crippen molar-refractivity contribution in [2.24, 2.45) is 5.41 Å². The van der Waals surface area contributed by atoms with E-state index in [2.05, 4.69) is 12.6 Å². The minimum absolute atomic E-state index is 0.0764. The highest BCUT2D eigenvalue weighted by Gasteiger charge is 2.32. The second-order valence-corrected chi connectivity index (χ2v) is 5.78. The van der Waals surface area contributed by atoms with Crippen LogP contribution in [0.1, 0.15) is 32.1 Å². The van der Waals surface area contributed by atoms with Gasteiger partial charge in [-0.25, -0.2) is 4.39 Å². The molecule has 4 heteroatoms. The van der Waals surface area contributed by atoms with Crippen LogP contribution >= 0.6 is 24.2 Å². The lowest BCUT2D eigenvalue weighted by molar-refractivity contribution is 0.118. The van der Waals surface area contributed by atoms with Crippen molar-refractivity contribution in [2.75, 3.05) is 12.4 Å². The van der Waals surface area contributed by atoms with E-state index in [1.165, 1.54) is 25.3 Å². The number of hydrogen-bond donors (Lipinski definition) is 1. The molecule has 1 aromatic rings. The fraction of sp³-hybridized carbons (Fsp3) is 0.571. The minimum Gasteiger partial charge on any atom is -0.488 e. The molecular weight excluding hydrogens is 271 g/mol. The van der Waals surface area contributed by atoms with Crippen molar-refractivity contribution in [3.63, 3.8) is 0 Å². The van der Waals surface area contributed by atoms with Crippen LogP contribution in [0.15, 0.2) is 18.2 Å². The number of benzene rings is 1. The molecule has 1 aliphatic rings. The Morgan fingerprint density at radius 2 is 2.00 bits per heavy atom.